The van der Waals surface area contributed by atoms with E-state index in [2.05, 4.69) is 4.74 Å². The monoisotopic (exact) mass is 135 g/mol. The third-order valence-electron chi connectivity index (χ3n) is 1.30. The Morgan fingerprint density at radius 3 is 2.56 bits per heavy atom. The lowest BCUT2D eigenvalue weighted by Crippen LogP contribution is -2.31. The van der Waals surface area contributed by atoms with Crippen molar-refractivity contribution in [2.45, 2.75) is 18.3 Å². The van der Waals surface area contributed by atoms with Crippen LogP contribution in [-0.2, 0) is 4.74 Å². The van der Waals surface area contributed by atoms with Gasteiger partial charge in [0.05, 0.1) is 14.6 Å². The van der Waals surface area contributed by atoms with E-state index in [4.69, 9.17) is 16.7 Å². The van der Waals surface area contributed by atoms with Crippen LogP contribution in [0.5, 0.6) is 0 Å². The van der Waals surface area contributed by atoms with Gasteiger partial charge in [0.25, 0.3) is 0 Å². The van der Waals surface area contributed by atoms with E-state index in [1.54, 1.807) is 0 Å². The van der Waals surface area contributed by atoms with Crippen LogP contribution >= 0.6 is 0 Å². The molecule has 1 aliphatic heterocycles. The maximum atomic E-state index is 8.97. The van der Waals surface area contributed by atoms with Crippen molar-refractivity contribution in [3.63, 3.8) is 0 Å². The van der Waals surface area contributed by atoms with Crippen LogP contribution in [0.25, 0.3) is 0 Å². The predicted molar refractivity (Wildman–Crippen MR) is 28.8 cm³/mol. The van der Waals surface area contributed by atoms with E-state index >= 15 is 0 Å². The zero-order valence-corrected chi connectivity index (χ0v) is 4.77. The van der Waals surface area contributed by atoms with Crippen molar-refractivity contribution in [3.8, 4) is 0 Å². The number of aliphatic hydroxyl groups excluding tert-OH is 3. The van der Waals surface area contributed by atoms with Crippen molar-refractivity contribution in [1.82, 2.24) is 0 Å². The smallest absolute Gasteiger partial charge is 0.110 e. The topological polar surface area (TPSA) is 69.9 Å². The minimum absolute atomic E-state index is 0.367. The van der Waals surface area contributed by atoms with Crippen LogP contribution in [0.15, 0.2) is 0 Å². The van der Waals surface area contributed by atoms with Gasteiger partial charge in [-0.05, 0) is 0 Å². The summed E-state index contributed by atoms with van der Waals surface area (Å²) in [6.07, 6.45) is -3.14. The Balaban J connectivity index is 2.53. The first-order valence-electron chi connectivity index (χ1n) is 3.29. The van der Waals surface area contributed by atoms with Crippen molar-refractivity contribution in [1.29, 1.82) is 0 Å². The maximum absolute atomic E-state index is 8.97. The molecule has 0 radical (unpaired) electrons. The van der Waals surface area contributed by atoms with Gasteiger partial charge in [0.1, 0.15) is 18.3 Å². The average Bonchev–Trinajstić information content (AvgIpc) is 2.17. The molecule has 1 heterocycles. The summed E-state index contributed by atoms with van der Waals surface area (Å²) in [6.45, 7) is -1.50. The first kappa shape index (κ1) is 5.61. The van der Waals surface area contributed by atoms with Gasteiger partial charge in [-0.3, -0.25) is 0 Å². The third-order valence-corrected chi connectivity index (χ3v) is 1.30. The van der Waals surface area contributed by atoms with E-state index < -0.39 is 24.9 Å². The maximum Gasteiger partial charge on any atom is 0.110 e. The van der Waals surface area contributed by atoms with Gasteiger partial charge < -0.3 is 20.1 Å². The second kappa shape index (κ2) is 2.62. The van der Waals surface area contributed by atoms with Gasteiger partial charge in [0.15, 0.2) is 0 Å². The van der Waals surface area contributed by atoms with Gasteiger partial charge in [-0.15, -0.1) is 0 Å². The summed E-state index contributed by atoms with van der Waals surface area (Å²) in [5.41, 5.74) is 0. The molecule has 4 atom stereocenters. The van der Waals surface area contributed by atoms with Crippen molar-refractivity contribution in [3.05, 3.63) is 0 Å². The summed E-state index contributed by atoms with van der Waals surface area (Å²) in [5, 5.41) is 26.4. The highest BCUT2D eigenvalue weighted by molar-refractivity contribution is 4.81. The van der Waals surface area contributed by atoms with E-state index in [1.165, 1.54) is 0 Å². The standard InChI is InChI=1S/C5H10O4/c6-1-4-5(8)3(7)2-9-4/h3-8H,1-2H2/t3-,4+,5-/m0/s1/i2D/t2?,3-,4+,5-. The molecule has 54 valence electrons. The molecule has 0 aromatic heterocycles. The minimum Gasteiger partial charge on any atom is -0.394 e. The zero-order chi connectivity index (χ0) is 7.72. The van der Waals surface area contributed by atoms with Crippen LogP contribution in [-0.4, -0.2) is 46.8 Å². The summed E-state index contributed by atoms with van der Waals surface area (Å²) < 4.78 is 11.6. The van der Waals surface area contributed by atoms with E-state index in [0.29, 0.717) is 0 Å². The SMILES string of the molecule is [2H]C1O[C@H](CO)[C@@H](O)[C@H]1O. The number of hydrogen-bond acceptors (Lipinski definition) is 4. The largest absolute Gasteiger partial charge is 0.394 e. The fourth-order valence-electron chi connectivity index (χ4n) is 0.713. The Bertz CT molecular complexity index is 120. The fourth-order valence-corrected chi connectivity index (χ4v) is 0.713. The summed E-state index contributed by atoms with van der Waals surface area (Å²) in [7, 11) is 0. The van der Waals surface area contributed by atoms with Crippen LogP contribution in [0.4, 0.5) is 0 Å². The Morgan fingerprint density at radius 1 is 1.67 bits per heavy atom. The second-order valence-corrected chi connectivity index (χ2v) is 1.97. The molecule has 9 heavy (non-hydrogen) atoms. The third kappa shape index (κ3) is 1.21. The molecule has 1 fully saturated rings. The lowest BCUT2D eigenvalue weighted by Gasteiger charge is -2.10. The molecule has 0 aromatic rings. The molecule has 1 unspecified atom stereocenters. The van der Waals surface area contributed by atoms with Crippen LogP contribution in [0.2, 0.25) is 0 Å². The quantitative estimate of drug-likeness (QED) is 0.393. The highest BCUT2D eigenvalue weighted by Gasteiger charge is 2.33. The number of hydrogen-bond donors (Lipinski definition) is 3. The summed E-state index contributed by atoms with van der Waals surface area (Å²) >= 11 is 0. The number of ether oxygens (including phenoxy) is 1. The molecule has 0 saturated carbocycles. The predicted octanol–water partition coefficient (Wildman–Crippen LogP) is -1.90. The average molecular weight is 135 g/mol. The van der Waals surface area contributed by atoms with Crippen molar-refractivity contribution in [2.24, 2.45) is 0 Å². The van der Waals surface area contributed by atoms with Gasteiger partial charge in [0.2, 0.25) is 0 Å². The number of rotatable bonds is 1. The molecule has 1 rings (SSSR count). The van der Waals surface area contributed by atoms with Gasteiger partial charge in [-0.2, -0.15) is 0 Å². The van der Waals surface area contributed by atoms with Crippen LogP contribution in [0.3, 0.4) is 0 Å². The Hall–Kier alpha value is -0.160. The molecule has 4 heteroatoms. The molecule has 0 spiro atoms. The molecule has 0 aliphatic carbocycles. The lowest BCUT2D eigenvalue weighted by atomic mass is 10.2. The van der Waals surface area contributed by atoms with Crippen LogP contribution in [0, 0.1) is 0 Å². The first-order chi connectivity index (χ1) is 4.66. The van der Waals surface area contributed by atoms with Gasteiger partial charge in [-0.1, -0.05) is 0 Å². The molecule has 4 nitrogen and oxygen atoms in total. The van der Waals surface area contributed by atoms with Gasteiger partial charge >= 0.3 is 0 Å². The number of aliphatic hydroxyl groups is 3. The highest BCUT2D eigenvalue weighted by atomic mass is 16.5. The van der Waals surface area contributed by atoms with Crippen LogP contribution < -0.4 is 0 Å². The molecule has 3 N–H and O–H groups in total. The lowest BCUT2D eigenvalue weighted by molar-refractivity contribution is -0.00588. The fraction of sp³-hybridized carbons (Fsp3) is 1.00. The molecular weight excluding hydrogens is 124 g/mol. The zero-order valence-electron chi connectivity index (χ0n) is 5.77. The second-order valence-electron chi connectivity index (χ2n) is 1.97. The van der Waals surface area contributed by atoms with Crippen molar-refractivity contribution >= 4 is 0 Å². The van der Waals surface area contributed by atoms with Crippen molar-refractivity contribution in [2.75, 3.05) is 13.2 Å². The molecule has 1 aliphatic rings. The molecular formula is C5H10O4. The van der Waals surface area contributed by atoms with Gasteiger partial charge in [0, 0.05) is 0 Å². The molecule has 0 aromatic carbocycles. The molecule has 0 amide bonds. The Kier molecular flexibility index (Phi) is 1.63. The van der Waals surface area contributed by atoms with E-state index in [-0.39, 0.29) is 6.61 Å². The first-order valence-corrected chi connectivity index (χ1v) is 2.71. The van der Waals surface area contributed by atoms with E-state index in [1.807, 2.05) is 0 Å². The Labute approximate surface area is 54.1 Å². The van der Waals surface area contributed by atoms with Gasteiger partial charge in [-0.25, -0.2) is 0 Å². The van der Waals surface area contributed by atoms with E-state index in [0.717, 1.165) is 0 Å². The van der Waals surface area contributed by atoms with E-state index in [9.17, 15) is 0 Å². The summed E-state index contributed by atoms with van der Waals surface area (Å²) in [6, 6.07) is 0. The summed E-state index contributed by atoms with van der Waals surface area (Å²) in [5.74, 6) is 0. The van der Waals surface area contributed by atoms with Crippen LogP contribution in [0.1, 0.15) is 1.37 Å². The summed E-state index contributed by atoms with van der Waals surface area (Å²) in [4.78, 5) is 0. The minimum atomic E-state index is -1.20. The Morgan fingerprint density at radius 2 is 2.33 bits per heavy atom. The normalized spacial score (nSPS) is 53.4. The van der Waals surface area contributed by atoms with Crippen molar-refractivity contribution < 1.29 is 21.4 Å². The molecule has 0 bridgehead atoms. The molecule has 1 saturated heterocycles. The highest BCUT2D eigenvalue weighted by Crippen LogP contribution is 2.12.